The predicted molar refractivity (Wildman–Crippen MR) is 585 cm³/mol. The minimum Gasteiger partial charge on any atom is -0.455 e. The fourth-order valence-electron chi connectivity index (χ4n) is 24.6. The maximum absolute atomic E-state index is 6.84. The number of para-hydroxylation sites is 3. The highest BCUT2D eigenvalue weighted by Gasteiger charge is 2.54. The first-order valence-corrected chi connectivity index (χ1v) is 49.0. The number of rotatable bonds is 13. The molecule has 29 rings (SSSR count). The van der Waals surface area contributed by atoms with Crippen LogP contribution in [0, 0.1) is 0 Å². The number of anilines is 6. The summed E-state index contributed by atoms with van der Waals surface area (Å²) in [5.41, 5.74) is 51.7. The second-order valence-corrected chi connectivity index (χ2v) is 38.7. The van der Waals surface area contributed by atoms with Crippen molar-refractivity contribution in [3.63, 3.8) is 0 Å². The molecule has 660 valence electrons. The second-order valence-electron chi connectivity index (χ2n) is 38.7. The van der Waals surface area contributed by atoms with Crippen LogP contribution in [0.15, 0.2) is 518 Å². The Kier molecular flexibility index (Phi) is 18.5. The zero-order chi connectivity index (χ0) is 93.2. The van der Waals surface area contributed by atoms with E-state index >= 15 is 0 Å². The molecule has 0 saturated carbocycles. The zero-order valence-electron chi connectivity index (χ0n) is 77.7. The molecule has 22 aromatic carbocycles. The van der Waals surface area contributed by atoms with Gasteiger partial charge < -0.3 is 18.6 Å². The molecular weight excluding hydrogens is 1710 g/mol. The van der Waals surface area contributed by atoms with Crippen molar-refractivity contribution in [1.82, 2.24) is 0 Å². The average Bonchev–Trinajstić information content (AvgIpc) is 1.51. The van der Waals surface area contributed by atoms with Crippen molar-refractivity contribution in [2.45, 2.75) is 30.1 Å². The molecule has 0 unspecified atom stereocenters. The minimum absolute atomic E-state index is 0.132. The van der Waals surface area contributed by atoms with Crippen molar-refractivity contribution < 1.29 is 8.83 Å². The SMILES string of the molecule is CC1(C)c2ccccc2-c2ccc(N(c3ccc(-c4ccccc4)cc3)c3ccc(-c4cc(-c5ccc6c(c5)C5(c7ccccc7-c7ccccc75)c5ccccc5-6)cc5c4oc4ccccc45)cc3)cc21.c1ccc(-c2ccc(N(c3ccc(-c4cc(-c5ccc6c(c5)C5(c7ccccc7-c7ccccc75)c5ccccc5-6)cc5c4oc4ccccc45)cc3)c3ccccc3-c3ccccc3)cc2)cc1. The van der Waals surface area contributed by atoms with E-state index in [4.69, 9.17) is 8.83 Å². The fraction of sp³-hybridized carbons (Fsp3) is 0.0365. The van der Waals surface area contributed by atoms with Gasteiger partial charge in [0.1, 0.15) is 22.3 Å². The van der Waals surface area contributed by atoms with Gasteiger partial charge in [0.05, 0.1) is 16.5 Å². The standard InChI is InChI=1S/C70H47NO.C67H43NO/c1-69(2)61-23-11-6-18-52(61)56-39-37-51(43-65(56)69)71(49-33-28-45(29-34-49)44-16-4-3-5-17-44)50-35-30-46(31-36-50)59-40-48(41-60-58-22-10-15-27-67(58)72-68(59)60)47-32-38-57-55-21-9-14-26-64(55)70(66(57)42-47)62-24-12-7-19-53(62)54-20-8-13-25-63(54)70;1-3-17-44(18-4-1)45-31-36-50(37-32-45)68(64-29-15-10-21-52(64)46-19-5-2-6-20-46)51-38-33-47(34-39-51)58-41-49(42-59-57-25-11-16-30-65(57)69-66(58)59)48-35-40-56-55-24-9-14-28-62(55)67(63(56)43-48)60-26-12-7-22-53(60)54-23-8-13-27-61(54)67/h3-43H,1-2H3;1-43H. The third kappa shape index (κ3) is 12.5. The first-order valence-electron chi connectivity index (χ1n) is 49.0. The molecule has 2 heterocycles. The van der Waals surface area contributed by atoms with Crippen molar-refractivity contribution in [2.24, 2.45) is 0 Å². The molecule has 0 N–H and O–H groups in total. The van der Waals surface area contributed by atoms with E-state index in [1.165, 1.54) is 150 Å². The van der Waals surface area contributed by atoms with Crippen LogP contribution in [-0.2, 0) is 16.2 Å². The molecule has 0 fully saturated rings. The molecule has 2 spiro atoms. The number of hydrogen-bond donors (Lipinski definition) is 0. The van der Waals surface area contributed by atoms with E-state index < -0.39 is 10.8 Å². The monoisotopic (exact) mass is 1790 g/mol. The molecule has 141 heavy (non-hydrogen) atoms. The fourth-order valence-corrected chi connectivity index (χ4v) is 24.6. The van der Waals surface area contributed by atoms with Crippen LogP contribution in [0.25, 0.3) is 177 Å². The van der Waals surface area contributed by atoms with Gasteiger partial charge in [-0.05, 0) is 288 Å². The molecule has 24 aromatic rings. The highest BCUT2D eigenvalue weighted by molar-refractivity contribution is 6.14. The van der Waals surface area contributed by atoms with Gasteiger partial charge in [-0.2, -0.15) is 0 Å². The first kappa shape index (κ1) is 81.4. The van der Waals surface area contributed by atoms with Gasteiger partial charge in [0, 0.05) is 72.1 Å². The predicted octanol–water partition coefficient (Wildman–Crippen LogP) is 36.8. The van der Waals surface area contributed by atoms with E-state index in [0.717, 1.165) is 117 Å². The topological polar surface area (TPSA) is 32.8 Å². The van der Waals surface area contributed by atoms with Crippen LogP contribution in [0.2, 0.25) is 0 Å². The Balaban J connectivity index is 0.000000138. The molecule has 5 aliphatic rings. The van der Waals surface area contributed by atoms with Crippen molar-refractivity contribution in [1.29, 1.82) is 0 Å². The smallest absolute Gasteiger partial charge is 0.143 e. The quantitative estimate of drug-likeness (QED) is 0.115. The van der Waals surface area contributed by atoms with Gasteiger partial charge in [0.15, 0.2) is 0 Å². The van der Waals surface area contributed by atoms with Gasteiger partial charge in [-0.3, -0.25) is 0 Å². The van der Waals surface area contributed by atoms with Gasteiger partial charge in [-0.25, -0.2) is 0 Å². The summed E-state index contributed by atoms with van der Waals surface area (Å²) >= 11 is 0. The van der Waals surface area contributed by atoms with Crippen molar-refractivity contribution >= 4 is 78.0 Å². The van der Waals surface area contributed by atoms with Crippen LogP contribution in [0.5, 0.6) is 0 Å². The van der Waals surface area contributed by atoms with Gasteiger partial charge in [-0.15, -0.1) is 0 Å². The third-order valence-corrected chi connectivity index (χ3v) is 31.0. The molecule has 0 aliphatic heterocycles. The molecular formula is C137H90N2O2. The van der Waals surface area contributed by atoms with Gasteiger partial charge >= 0.3 is 0 Å². The van der Waals surface area contributed by atoms with Gasteiger partial charge in [-0.1, -0.05) is 408 Å². The van der Waals surface area contributed by atoms with E-state index in [1.807, 2.05) is 0 Å². The molecule has 0 atom stereocenters. The van der Waals surface area contributed by atoms with Crippen LogP contribution < -0.4 is 9.80 Å². The number of benzene rings is 22. The maximum Gasteiger partial charge on any atom is 0.143 e. The molecule has 0 amide bonds. The number of fused-ring (bicyclic) bond motifs is 29. The summed E-state index contributed by atoms with van der Waals surface area (Å²) in [6.45, 7) is 4.71. The van der Waals surface area contributed by atoms with E-state index in [1.54, 1.807) is 0 Å². The number of nitrogens with zero attached hydrogens (tertiary/aromatic N) is 2. The van der Waals surface area contributed by atoms with Crippen molar-refractivity contribution in [2.75, 3.05) is 9.80 Å². The lowest BCUT2D eigenvalue weighted by atomic mass is 9.70. The van der Waals surface area contributed by atoms with Crippen LogP contribution in [0.4, 0.5) is 34.1 Å². The summed E-state index contributed by atoms with van der Waals surface area (Å²) in [6, 6.07) is 187. The van der Waals surface area contributed by atoms with Gasteiger partial charge in [0.2, 0.25) is 0 Å². The highest BCUT2D eigenvalue weighted by atomic mass is 16.3. The maximum atomic E-state index is 6.84. The first-order chi connectivity index (χ1) is 69.7. The third-order valence-electron chi connectivity index (χ3n) is 31.0. The minimum atomic E-state index is -0.424. The summed E-state index contributed by atoms with van der Waals surface area (Å²) in [5.74, 6) is 0. The molecule has 2 aromatic heterocycles. The number of furan rings is 2. The van der Waals surface area contributed by atoms with Gasteiger partial charge in [0.25, 0.3) is 0 Å². The summed E-state index contributed by atoms with van der Waals surface area (Å²) in [5, 5.41) is 4.44. The Hall–Kier alpha value is -18.0. The summed E-state index contributed by atoms with van der Waals surface area (Å²) < 4.78 is 13.7. The van der Waals surface area contributed by atoms with E-state index in [9.17, 15) is 0 Å². The molecule has 0 saturated heterocycles. The normalized spacial score (nSPS) is 13.3. The van der Waals surface area contributed by atoms with E-state index in [2.05, 4.69) is 533 Å². The average molecular weight is 1800 g/mol. The van der Waals surface area contributed by atoms with Crippen molar-refractivity contribution in [3.05, 3.63) is 565 Å². The molecule has 0 bridgehead atoms. The highest BCUT2D eigenvalue weighted by Crippen LogP contribution is 2.66. The van der Waals surface area contributed by atoms with Crippen LogP contribution in [0.3, 0.4) is 0 Å². The van der Waals surface area contributed by atoms with Crippen LogP contribution in [-0.4, -0.2) is 0 Å². The van der Waals surface area contributed by atoms with Crippen molar-refractivity contribution in [3.8, 4) is 134 Å². The summed E-state index contributed by atoms with van der Waals surface area (Å²) in [4.78, 5) is 4.79. The van der Waals surface area contributed by atoms with E-state index in [0.29, 0.717) is 0 Å². The Bertz CT molecular complexity index is 9050. The molecule has 4 nitrogen and oxygen atoms in total. The summed E-state index contributed by atoms with van der Waals surface area (Å²) in [6.07, 6.45) is 0. The Morgan fingerprint density at radius 2 is 0.426 bits per heavy atom. The Morgan fingerprint density at radius 1 is 0.156 bits per heavy atom. The zero-order valence-corrected chi connectivity index (χ0v) is 77.7. The molecule has 0 radical (unpaired) electrons. The lowest BCUT2D eigenvalue weighted by molar-refractivity contribution is 0.660. The van der Waals surface area contributed by atoms with Crippen LogP contribution in [0.1, 0.15) is 69.5 Å². The molecule has 5 aliphatic carbocycles. The van der Waals surface area contributed by atoms with E-state index in [-0.39, 0.29) is 5.41 Å². The largest absolute Gasteiger partial charge is 0.455 e. The summed E-state index contributed by atoms with van der Waals surface area (Å²) in [7, 11) is 0. The second kappa shape index (κ2) is 32.1. The Labute approximate surface area is 819 Å². The lowest BCUT2D eigenvalue weighted by Gasteiger charge is -2.30. The number of hydrogen-bond acceptors (Lipinski definition) is 4. The Morgan fingerprint density at radius 3 is 0.823 bits per heavy atom. The lowest BCUT2D eigenvalue weighted by Crippen LogP contribution is -2.25. The molecule has 4 heteroatoms. The van der Waals surface area contributed by atoms with Crippen LogP contribution >= 0.6 is 0 Å².